The molecule has 55 heavy (non-hydrogen) atoms. The smallest absolute Gasteiger partial charge is 0.408 e. The molecule has 5 atom stereocenters. The highest BCUT2D eigenvalue weighted by molar-refractivity contribution is 7.91. The summed E-state index contributed by atoms with van der Waals surface area (Å²) in [6.07, 6.45) is 6.40. The lowest BCUT2D eigenvalue weighted by Gasteiger charge is -2.35. The number of benzene rings is 1. The topological polar surface area (TPSA) is 198 Å². The first-order valence-corrected chi connectivity index (χ1v) is 20.9. The normalized spacial score (nSPS) is 25.7. The summed E-state index contributed by atoms with van der Waals surface area (Å²) in [5.74, 6) is -1.27. The molecule has 4 saturated carbocycles. The van der Waals surface area contributed by atoms with Crippen molar-refractivity contribution in [2.24, 2.45) is 11.3 Å². The van der Waals surface area contributed by atoms with Crippen LogP contribution in [0.3, 0.4) is 0 Å². The number of rotatable bonds is 14. The van der Waals surface area contributed by atoms with Gasteiger partial charge >= 0.3 is 6.09 Å². The van der Waals surface area contributed by atoms with E-state index in [4.69, 9.17) is 19.4 Å². The Morgan fingerprint density at radius 3 is 2.33 bits per heavy atom. The molecule has 0 spiro atoms. The molecular weight excluding hydrogens is 727 g/mol. The summed E-state index contributed by atoms with van der Waals surface area (Å²) in [7, 11) is -3.90. The monoisotopic (exact) mass is 777 g/mol. The Kier molecular flexibility index (Phi) is 10.6. The molecule has 0 radical (unpaired) electrons. The van der Waals surface area contributed by atoms with Crippen LogP contribution in [0.5, 0.6) is 5.88 Å². The second-order valence-electron chi connectivity index (χ2n) is 16.6. The zero-order valence-electron chi connectivity index (χ0n) is 31.6. The summed E-state index contributed by atoms with van der Waals surface area (Å²) in [4.78, 5) is 66.4. The zero-order chi connectivity index (χ0) is 39.1. The summed E-state index contributed by atoms with van der Waals surface area (Å²) >= 11 is 0. The molecule has 1 aliphatic heterocycles. The Hall–Kier alpha value is -4.73. The molecule has 0 bridgehead atoms. The van der Waals surface area contributed by atoms with Crippen molar-refractivity contribution in [3.63, 3.8) is 0 Å². The summed E-state index contributed by atoms with van der Waals surface area (Å²) in [5.41, 5.74) is -1.57. The molecule has 4 N–H and O–H groups in total. The highest BCUT2D eigenvalue weighted by Crippen LogP contribution is 2.45. The second kappa shape index (κ2) is 15.1. The number of nitrogens with zero attached hydrogens (tertiary/aromatic N) is 3. The van der Waals surface area contributed by atoms with Crippen LogP contribution in [0.2, 0.25) is 0 Å². The summed E-state index contributed by atoms with van der Waals surface area (Å²) in [6, 6.07) is 9.22. The third kappa shape index (κ3) is 8.89. The largest absolute Gasteiger partial charge is 0.472 e. The number of amides is 4. The highest BCUT2D eigenvalue weighted by atomic mass is 32.2. The molecule has 4 amide bonds. The van der Waals surface area contributed by atoms with Crippen molar-refractivity contribution in [3.8, 4) is 17.3 Å². The van der Waals surface area contributed by atoms with Crippen molar-refractivity contribution < 1.29 is 37.1 Å². The fourth-order valence-corrected chi connectivity index (χ4v) is 8.77. The van der Waals surface area contributed by atoms with E-state index < -0.39 is 74.1 Å². The van der Waals surface area contributed by atoms with E-state index in [1.165, 1.54) is 11.0 Å². The van der Waals surface area contributed by atoms with Gasteiger partial charge < -0.3 is 30.3 Å². The van der Waals surface area contributed by atoms with E-state index in [9.17, 15) is 27.6 Å². The molecule has 16 heteroatoms. The van der Waals surface area contributed by atoms with Crippen LogP contribution < -0.4 is 25.4 Å². The first kappa shape index (κ1) is 38.5. The Labute approximate surface area is 321 Å². The van der Waals surface area contributed by atoms with Crippen LogP contribution in [-0.2, 0) is 29.1 Å². The summed E-state index contributed by atoms with van der Waals surface area (Å²) < 4.78 is 39.8. The predicted octanol–water partition coefficient (Wildman–Crippen LogP) is 3.82. The van der Waals surface area contributed by atoms with Gasteiger partial charge in [0.25, 0.3) is 5.91 Å². The maximum atomic E-state index is 14.6. The minimum absolute atomic E-state index is 0.0217. The maximum Gasteiger partial charge on any atom is 0.408 e. The average Bonchev–Trinajstić information content (AvgIpc) is 4.09. The standard InChI is InChI=1S/C39H51N7O8S/c1-5-24-21-39(24,36(49)45-55(51,52)28-17-18-28)44-34(47)29-19-27(22-46(29)35(48)32(38(2,3)4)43-37(50)54-26-13-9-10-14-26)53-31-20-30(40-25-15-16-25)41-33(42-31)23-11-7-6-8-12-23/h5-8,11-12,20,24-29,32H,1,9-10,13-19,21-22H2,2-4H3,(H,43,50)(H,44,47)(H,45,49)(H,40,41,42)/t24-,27-,29+,32-,39?/m1/s1. The number of carbonyl (C=O) groups excluding carboxylic acids is 4. The fraction of sp³-hybridized carbons (Fsp3) is 0.590. The van der Waals surface area contributed by atoms with Gasteiger partial charge in [0.1, 0.15) is 35.6 Å². The molecule has 2 heterocycles. The van der Waals surface area contributed by atoms with Crippen molar-refractivity contribution in [2.45, 2.75) is 126 Å². The Morgan fingerprint density at radius 1 is 1.00 bits per heavy atom. The number of sulfonamides is 1. The molecule has 296 valence electrons. The van der Waals surface area contributed by atoms with Gasteiger partial charge in [0.15, 0.2) is 5.82 Å². The Balaban J connectivity index is 1.16. The molecule has 7 rings (SSSR count). The number of aromatic nitrogens is 2. The van der Waals surface area contributed by atoms with Gasteiger partial charge in [0.05, 0.1) is 11.8 Å². The minimum Gasteiger partial charge on any atom is -0.472 e. The van der Waals surface area contributed by atoms with Gasteiger partial charge in [0, 0.05) is 30.0 Å². The molecule has 5 aliphatic rings. The molecular formula is C39H51N7O8S. The summed E-state index contributed by atoms with van der Waals surface area (Å²) in [6.45, 7) is 9.17. The second-order valence-corrected chi connectivity index (χ2v) is 18.6. The van der Waals surface area contributed by atoms with Gasteiger partial charge in [-0.15, -0.1) is 6.58 Å². The van der Waals surface area contributed by atoms with Crippen molar-refractivity contribution in [2.75, 3.05) is 11.9 Å². The number of carbonyl (C=O) groups is 4. The number of ether oxygens (including phenoxy) is 2. The van der Waals surface area contributed by atoms with Gasteiger partial charge in [0.2, 0.25) is 27.7 Å². The predicted molar refractivity (Wildman–Crippen MR) is 203 cm³/mol. The van der Waals surface area contributed by atoms with E-state index in [1.807, 2.05) is 51.1 Å². The SMILES string of the molecule is C=C[C@@H]1CC1(NC(=O)[C@@H]1C[C@@H](Oc2cc(NC3CC3)nc(-c3ccccc3)n2)CN1C(=O)[C@@H](NC(=O)OC1CCCC1)C(C)(C)C)C(=O)NS(=O)(=O)C1CC1. The van der Waals surface area contributed by atoms with Gasteiger partial charge in [-0.3, -0.25) is 19.1 Å². The number of hydrogen-bond donors (Lipinski definition) is 4. The molecule has 1 unspecified atom stereocenters. The van der Waals surface area contributed by atoms with Crippen molar-refractivity contribution >= 4 is 39.7 Å². The van der Waals surface area contributed by atoms with Crippen LogP contribution in [0.25, 0.3) is 11.4 Å². The van der Waals surface area contributed by atoms with Gasteiger partial charge in [-0.1, -0.05) is 57.2 Å². The minimum atomic E-state index is -3.90. The lowest BCUT2D eigenvalue weighted by atomic mass is 9.85. The highest BCUT2D eigenvalue weighted by Gasteiger charge is 2.62. The molecule has 5 fully saturated rings. The number of nitrogens with one attached hydrogen (secondary N) is 4. The van der Waals surface area contributed by atoms with Crippen molar-refractivity contribution in [1.82, 2.24) is 30.2 Å². The quantitative estimate of drug-likeness (QED) is 0.204. The third-order valence-corrected chi connectivity index (χ3v) is 12.8. The maximum absolute atomic E-state index is 14.6. The van der Waals surface area contributed by atoms with Crippen LogP contribution in [0.4, 0.5) is 10.6 Å². The molecule has 2 aromatic rings. The Morgan fingerprint density at radius 2 is 1.71 bits per heavy atom. The fourth-order valence-electron chi connectivity index (χ4n) is 7.40. The molecule has 1 aromatic carbocycles. The van der Waals surface area contributed by atoms with Crippen molar-refractivity contribution in [3.05, 3.63) is 49.1 Å². The van der Waals surface area contributed by atoms with Crippen molar-refractivity contribution in [1.29, 1.82) is 0 Å². The number of anilines is 1. The van der Waals surface area contributed by atoms with E-state index in [2.05, 4.69) is 27.3 Å². The van der Waals surface area contributed by atoms with E-state index in [-0.39, 0.29) is 31.4 Å². The third-order valence-electron chi connectivity index (χ3n) is 11.0. The summed E-state index contributed by atoms with van der Waals surface area (Å²) in [5, 5.41) is 8.35. The van der Waals surface area contributed by atoms with Crippen LogP contribution >= 0.6 is 0 Å². The molecule has 1 saturated heterocycles. The van der Waals surface area contributed by atoms with Crippen LogP contribution in [-0.4, -0.2) is 94.8 Å². The van der Waals surface area contributed by atoms with E-state index in [1.54, 1.807) is 6.07 Å². The van der Waals surface area contributed by atoms with E-state index in [0.717, 1.165) is 44.1 Å². The Bertz CT molecular complexity index is 1920. The lowest BCUT2D eigenvalue weighted by molar-refractivity contribution is -0.143. The van der Waals surface area contributed by atoms with Gasteiger partial charge in [-0.25, -0.2) is 18.2 Å². The molecule has 15 nitrogen and oxygen atoms in total. The van der Waals surface area contributed by atoms with Gasteiger partial charge in [-0.05, 0) is 63.2 Å². The van der Waals surface area contributed by atoms with Gasteiger partial charge in [-0.2, -0.15) is 4.98 Å². The molecule has 4 aliphatic carbocycles. The first-order valence-electron chi connectivity index (χ1n) is 19.3. The lowest BCUT2D eigenvalue weighted by Crippen LogP contribution is -2.60. The van der Waals surface area contributed by atoms with E-state index >= 15 is 0 Å². The number of alkyl carbamates (subject to hydrolysis) is 1. The van der Waals surface area contributed by atoms with E-state index in [0.29, 0.717) is 30.5 Å². The average molecular weight is 778 g/mol. The van der Waals surface area contributed by atoms with Crippen LogP contribution in [0.15, 0.2) is 49.1 Å². The number of likely N-dealkylation sites (tertiary alicyclic amines) is 1. The van der Waals surface area contributed by atoms with Crippen LogP contribution in [0.1, 0.15) is 85.0 Å². The van der Waals surface area contributed by atoms with Crippen LogP contribution in [0, 0.1) is 11.3 Å². The zero-order valence-corrected chi connectivity index (χ0v) is 32.4. The molecule has 1 aromatic heterocycles. The first-order chi connectivity index (χ1) is 26.1. The number of hydrogen-bond acceptors (Lipinski definition) is 11.